The summed E-state index contributed by atoms with van der Waals surface area (Å²) in [6.45, 7) is 1.57. The van der Waals surface area contributed by atoms with Crippen molar-refractivity contribution in [2.24, 2.45) is 5.92 Å². The van der Waals surface area contributed by atoms with Crippen LogP contribution >= 0.6 is 0 Å². The highest BCUT2D eigenvalue weighted by Crippen LogP contribution is 2.36. The Labute approximate surface area is 146 Å². The molecule has 0 spiro atoms. The largest absolute Gasteiger partial charge is 0.440 e. The minimum Gasteiger partial charge on any atom is -0.440 e. The van der Waals surface area contributed by atoms with E-state index in [0.29, 0.717) is 12.0 Å². The summed E-state index contributed by atoms with van der Waals surface area (Å²) in [7, 11) is 0. The van der Waals surface area contributed by atoms with Gasteiger partial charge in [0, 0.05) is 25.0 Å². The first-order valence-corrected chi connectivity index (χ1v) is 9.43. The van der Waals surface area contributed by atoms with E-state index in [2.05, 4.69) is 15.8 Å². The van der Waals surface area contributed by atoms with Gasteiger partial charge in [-0.2, -0.15) is 0 Å². The van der Waals surface area contributed by atoms with Gasteiger partial charge in [0.15, 0.2) is 11.5 Å². The summed E-state index contributed by atoms with van der Waals surface area (Å²) in [6.07, 6.45) is 5.37. The average Bonchev–Trinajstić information content (AvgIpc) is 3.22. The number of para-hydroxylation sites is 2. The van der Waals surface area contributed by atoms with E-state index >= 15 is 0 Å². The maximum Gasteiger partial charge on any atom is 0.241 e. The van der Waals surface area contributed by atoms with E-state index in [1.165, 1.54) is 12.8 Å². The lowest BCUT2D eigenvalue weighted by Gasteiger charge is -2.32. The van der Waals surface area contributed by atoms with Gasteiger partial charge >= 0.3 is 0 Å². The standard InChI is InChI=1S/C19H24N4O2/c24-19(16-11-15(21-22-16)12-5-6-12)23-9-7-13(8-10-23)18-20-14-3-1-2-4-17(14)25-18/h1-4,12-13,15-16,21-22H,5-11H2. The van der Waals surface area contributed by atoms with Crippen LogP contribution in [0, 0.1) is 5.92 Å². The zero-order valence-corrected chi connectivity index (χ0v) is 14.3. The molecule has 3 fully saturated rings. The highest BCUT2D eigenvalue weighted by atomic mass is 16.3. The van der Waals surface area contributed by atoms with Crippen LogP contribution in [0.25, 0.3) is 11.1 Å². The molecule has 3 heterocycles. The minimum absolute atomic E-state index is 0.0634. The molecule has 6 heteroatoms. The number of hydrogen-bond donors (Lipinski definition) is 2. The lowest BCUT2D eigenvalue weighted by molar-refractivity contribution is -0.134. The lowest BCUT2D eigenvalue weighted by atomic mass is 9.96. The SMILES string of the molecule is O=C(C1CC(C2CC2)NN1)N1CCC(c2nc3ccccc3o2)CC1. The van der Waals surface area contributed by atoms with Gasteiger partial charge < -0.3 is 9.32 Å². The Morgan fingerprint density at radius 1 is 1.12 bits per heavy atom. The summed E-state index contributed by atoms with van der Waals surface area (Å²) >= 11 is 0. The second kappa shape index (κ2) is 6.11. The van der Waals surface area contributed by atoms with Crippen molar-refractivity contribution in [1.82, 2.24) is 20.7 Å². The molecule has 1 aromatic carbocycles. The first kappa shape index (κ1) is 15.3. The molecular weight excluding hydrogens is 316 g/mol. The fraction of sp³-hybridized carbons (Fsp3) is 0.579. The third kappa shape index (κ3) is 2.93. The highest BCUT2D eigenvalue weighted by Gasteiger charge is 2.40. The minimum atomic E-state index is -0.0634. The van der Waals surface area contributed by atoms with Crippen molar-refractivity contribution in [3.05, 3.63) is 30.2 Å². The lowest BCUT2D eigenvalue weighted by Crippen LogP contribution is -2.48. The number of nitrogens with one attached hydrogen (secondary N) is 2. The molecule has 2 N–H and O–H groups in total. The maximum absolute atomic E-state index is 12.8. The van der Waals surface area contributed by atoms with E-state index in [1.807, 2.05) is 29.2 Å². The van der Waals surface area contributed by atoms with Crippen molar-refractivity contribution < 1.29 is 9.21 Å². The topological polar surface area (TPSA) is 70.4 Å². The first-order chi connectivity index (χ1) is 12.3. The Hall–Kier alpha value is -1.92. The Kier molecular flexibility index (Phi) is 3.75. The van der Waals surface area contributed by atoms with Crippen molar-refractivity contribution in [2.45, 2.75) is 50.1 Å². The number of fused-ring (bicyclic) bond motifs is 1. The molecule has 25 heavy (non-hydrogen) atoms. The molecule has 0 bridgehead atoms. The molecule has 1 aliphatic carbocycles. The van der Waals surface area contributed by atoms with E-state index in [-0.39, 0.29) is 11.9 Å². The number of likely N-dealkylation sites (tertiary alicyclic amines) is 1. The van der Waals surface area contributed by atoms with Crippen molar-refractivity contribution in [3.8, 4) is 0 Å². The fourth-order valence-electron chi connectivity index (χ4n) is 4.18. The van der Waals surface area contributed by atoms with E-state index in [4.69, 9.17) is 4.42 Å². The van der Waals surface area contributed by atoms with Gasteiger partial charge in [0.05, 0.1) is 0 Å². The summed E-state index contributed by atoms with van der Waals surface area (Å²) in [5.74, 6) is 2.15. The van der Waals surface area contributed by atoms with Gasteiger partial charge in [-0.3, -0.25) is 10.2 Å². The van der Waals surface area contributed by atoms with E-state index in [9.17, 15) is 4.79 Å². The quantitative estimate of drug-likeness (QED) is 0.896. The summed E-state index contributed by atoms with van der Waals surface area (Å²) in [5.41, 5.74) is 8.30. The molecule has 2 saturated heterocycles. The van der Waals surface area contributed by atoms with Crippen molar-refractivity contribution >= 4 is 17.0 Å². The van der Waals surface area contributed by atoms with E-state index in [0.717, 1.165) is 55.3 Å². The molecular formula is C19H24N4O2. The van der Waals surface area contributed by atoms with Crippen molar-refractivity contribution in [3.63, 3.8) is 0 Å². The second-order valence-corrected chi connectivity index (χ2v) is 7.64. The van der Waals surface area contributed by atoms with Crippen molar-refractivity contribution in [1.29, 1.82) is 0 Å². The van der Waals surface area contributed by atoms with Crippen molar-refractivity contribution in [2.75, 3.05) is 13.1 Å². The Bertz CT molecular complexity index is 744. The number of hydrogen-bond acceptors (Lipinski definition) is 5. The normalized spacial score (nSPS) is 27.9. The number of oxazole rings is 1. The predicted molar refractivity (Wildman–Crippen MR) is 93.8 cm³/mol. The van der Waals surface area contributed by atoms with E-state index in [1.54, 1.807) is 0 Å². The molecule has 6 nitrogen and oxygen atoms in total. The van der Waals surface area contributed by atoms with Gasteiger partial charge in [-0.1, -0.05) is 12.1 Å². The Morgan fingerprint density at radius 2 is 1.92 bits per heavy atom. The molecule has 2 unspecified atom stereocenters. The molecule has 1 aromatic heterocycles. The molecule has 132 valence electrons. The molecule has 3 aliphatic rings. The van der Waals surface area contributed by atoms with Crippen LogP contribution in [0.3, 0.4) is 0 Å². The van der Waals surface area contributed by atoms with E-state index < -0.39 is 0 Å². The number of rotatable bonds is 3. The molecule has 2 aromatic rings. The van der Waals surface area contributed by atoms with Gasteiger partial charge in [-0.05, 0) is 50.2 Å². The number of carbonyl (C=O) groups excluding carboxylic acids is 1. The van der Waals surface area contributed by atoms with Crippen LogP contribution in [0.1, 0.15) is 43.9 Å². The van der Waals surface area contributed by atoms with Gasteiger partial charge in [0.25, 0.3) is 0 Å². The molecule has 0 radical (unpaired) electrons. The van der Waals surface area contributed by atoms with Gasteiger partial charge in [0.1, 0.15) is 11.6 Å². The number of amides is 1. The monoisotopic (exact) mass is 340 g/mol. The summed E-state index contributed by atoms with van der Waals surface area (Å²) in [4.78, 5) is 19.4. The van der Waals surface area contributed by atoms with Crippen LogP contribution < -0.4 is 10.9 Å². The summed E-state index contributed by atoms with van der Waals surface area (Å²) in [5, 5.41) is 0. The van der Waals surface area contributed by atoms with Crippen LogP contribution in [0.4, 0.5) is 0 Å². The van der Waals surface area contributed by atoms with Crippen LogP contribution in [0.5, 0.6) is 0 Å². The number of aromatic nitrogens is 1. The zero-order chi connectivity index (χ0) is 16.8. The predicted octanol–water partition coefficient (Wildman–Crippen LogP) is 2.18. The number of piperidine rings is 1. The molecule has 1 saturated carbocycles. The molecule has 2 atom stereocenters. The Balaban J connectivity index is 1.20. The summed E-state index contributed by atoms with van der Waals surface area (Å²) in [6, 6.07) is 8.30. The van der Waals surface area contributed by atoms with Gasteiger partial charge in [-0.15, -0.1) is 0 Å². The molecule has 5 rings (SSSR count). The fourth-order valence-corrected chi connectivity index (χ4v) is 4.18. The Morgan fingerprint density at radius 3 is 2.68 bits per heavy atom. The third-order valence-corrected chi connectivity index (χ3v) is 5.89. The van der Waals surface area contributed by atoms with Gasteiger partial charge in [-0.25, -0.2) is 10.4 Å². The van der Waals surface area contributed by atoms with Crippen LogP contribution in [-0.2, 0) is 4.79 Å². The maximum atomic E-state index is 12.8. The van der Waals surface area contributed by atoms with Crippen LogP contribution in [0.15, 0.2) is 28.7 Å². The first-order valence-electron chi connectivity index (χ1n) is 9.43. The number of carbonyl (C=O) groups is 1. The molecule has 2 aliphatic heterocycles. The zero-order valence-electron chi connectivity index (χ0n) is 14.3. The number of hydrazine groups is 1. The summed E-state index contributed by atoms with van der Waals surface area (Å²) < 4.78 is 5.91. The van der Waals surface area contributed by atoms with Gasteiger partial charge in [0.2, 0.25) is 5.91 Å². The third-order valence-electron chi connectivity index (χ3n) is 5.89. The smallest absolute Gasteiger partial charge is 0.241 e. The van der Waals surface area contributed by atoms with Crippen LogP contribution in [-0.4, -0.2) is 41.0 Å². The average molecular weight is 340 g/mol. The highest BCUT2D eigenvalue weighted by molar-refractivity contribution is 5.82. The second-order valence-electron chi connectivity index (χ2n) is 7.64. The number of benzene rings is 1. The number of nitrogens with zero attached hydrogens (tertiary/aromatic N) is 2. The molecule has 1 amide bonds. The van der Waals surface area contributed by atoms with Crippen LogP contribution in [0.2, 0.25) is 0 Å².